The van der Waals surface area contributed by atoms with Crippen LogP contribution in [0.3, 0.4) is 0 Å². The largest absolute Gasteiger partial charge is 0.390 e. The Morgan fingerprint density at radius 1 is 1.36 bits per heavy atom. The molecule has 66 valence electrons. The van der Waals surface area contributed by atoms with Gasteiger partial charge in [0.05, 0.1) is 6.10 Å². The number of aliphatic hydroxyl groups is 1. The molecule has 1 rings (SSSR count). The number of hydrogen-bond donors (Lipinski definition) is 1. The lowest BCUT2D eigenvalue weighted by Gasteiger charge is -2.30. The predicted molar refractivity (Wildman–Crippen MR) is 43.1 cm³/mol. The van der Waals surface area contributed by atoms with Crippen LogP contribution in [-0.4, -0.2) is 17.4 Å². The van der Waals surface area contributed by atoms with E-state index >= 15 is 0 Å². The zero-order chi connectivity index (χ0) is 8.43. The number of aliphatic hydroxyl groups excluding tert-OH is 1. The van der Waals surface area contributed by atoms with Crippen LogP contribution >= 0.6 is 0 Å². The summed E-state index contributed by atoms with van der Waals surface area (Å²) in [6.45, 7) is 4.24. The van der Waals surface area contributed by atoms with Gasteiger partial charge in [0.1, 0.15) is 6.17 Å². The van der Waals surface area contributed by atoms with E-state index in [4.69, 9.17) is 5.11 Å². The van der Waals surface area contributed by atoms with E-state index in [1.54, 1.807) is 0 Å². The molecule has 0 heterocycles. The van der Waals surface area contributed by atoms with Gasteiger partial charge < -0.3 is 5.11 Å². The maximum Gasteiger partial charge on any atom is 0.126 e. The van der Waals surface area contributed by atoms with E-state index in [1.165, 1.54) is 0 Å². The van der Waals surface area contributed by atoms with Gasteiger partial charge in [-0.05, 0) is 31.1 Å². The Morgan fingerprint density at radius 3 is 2.45 bits per heavy atom. The van der Waals surface area contributed by atoms with E-state index in [-0.39, 0.29) is 0 Å². The van der Waals surface area contributed by atoms with Gasteiger partial charge in [-0.1, -0.05) is 13.8 Å². The molecular formula is C9H17FO. The van der Waals surface area contributed by atoms with Crippen molar-refractivity contribution in [2.24, 2.45) is 11.8 Å². The van der Waals surface area contributed by atoms with Crippen LogP contribution in [0.1, 0.15) is 33.1 Å². The summed E-state index contributed by atoms with van der Waals surface area (Å²) >= 11 is 0. The Bertz CT molecular complexity index is 125. The van der Waals surface area contributed by atoms with Crippen LogP contribution in [0.2, 0.25) is 0 Å². The lowest BCUT2D eigenvalue weighted by molar-refractivity contribution is 0.0156. The molecule has 0 aromatic carbocycles. The third-order valence-electron chi connectivity index (χ3n) is 2.72. The lowest BCUT2D eigenvalue weighted by Crippen LogP contribution is -2.32. The maximum atomic E-state index is 12.9. The van der Waals surface area contributed by atoms with Gasteiger partial charge in [-0.25, -0.2) is 4.39 Å². The van der Waals surface area contributed by atoms with Crippen molar-refractivity contribution in [1.29, 1.82) is 0 Å². The van der Waals surface area contributed by atoms with Crippen LogP contribution in [0.5, 0.6) is 0 Å². The van der Waals surface area contributed by atoms with Gasteiger partial charge in [-0.3, -0.25) is 0 Å². The lowest BCUT2D eigenvalue weighted by atomic mass is 9.80. The van der Waals surface area contributed by atoms with Crippen molar-refractivity contribution < 1.29 is 9.50 Å². The van der Waals surface area contributed by atoms with Gasteiger partial charge in [0, 0.05) is 0 Å². The Hall–Kier alpha value is -0.110. The van der Waals surface area contributed by atoms with Crippen molar-refractivity contribution in [3.63, 3.8) is 0 Å². The minimum Gasteiger partial charge on any atom is -0.390 e. The van der Waals surface area contributed by atoms with Crippen LogP contribution < -0.4 is 0 Å². The molecule has 11 heavy (non-hydrogen) atoms. The van der Waals surface area contributed by atoms with E-state index < -0.39 is 12.3 Å². The van der Waals surface area contributed by atoms with E-state index in [9.17, 15) is 4.39 Å². The molecule has 0 spiro atoms. The number of hydrogen-bond acceptors (Lipinski definition) is 1. The van der Waals surface area contributed by atoms with Crippen LogP contribution in [0, 0.1) is 11.8 Å². The highest BCUT2D eigenvalue weighted by Crippen LogP contribution is 2.31. The summed E-state index contributed by atoms with van der Waals surface area (Å²) in [6, 6.07) is 0. The van der Waals surface area contributed by atoms with Crippen LogP contribution in [0.4, 0.5) is 4.39 Å². The third-order valence-corrected chi connectivity index (χ3v) is 2.72. The number of rotatable bonds is 1. The Morgan fingerprint density at radius 2 is 2.00 bits per heavy atom. The molecule has 0 saturated heterocycles. The fourth-order valence-electron chi connectivity index (χ4n) is 1.74. The van der Waals surface area contributed by atoms with E-state index in [0.717, 1.165) is 6.42 Å². The van der Waals surface area contributed by atoms with Gasteiger partial charge in [-0.2, -0.15) is 0 Å². The molecule has 1 aliphatic rings. The molecule has 0 bridgehead atoms. The summed E-state index contributed by atoms with van der Waals surface area (Å²) in [4.78, 5) is 0. The van der Waals surface area contributed by atoms with Crippen molar-refractivity contribution in [1.82, 2.24) is 0 Å². The Balaban J connectivity index is 2.40. The highest BCUT2D eigenvalue weighted by Gasteiger charge is 2.30. The minimum absolute atomic E-state index is 0.480. The average molecular weight is 160 g/mol. The van der Waals surface area contributed by atoms with Gasteiger partial charge in [0.2, 0.25) is 0 Å². The van der Waals surface area contributed by atoms with Crippen LogP contribution in [0.15, 0.2) is 0 Å². The van der Waals surface area contributed by atoms with Gasteiger partial charge >= 0.3 is 0 Å². The van der Waals surface area contributed by atoms with Crippen molar-refractivity contribution >= 4 is 0 Å². The van der Waals surface area contributed by atoms with E-state index in [0.29, 0.717) is 24.7 Å². The zero-order valence-corrected chi connectivity index (χ0v) is 7.26. The van der Waals surface area contributed by atoms with Crippen molar-refractivity contribution in [2.45, 2.75) is 45.4 Å². The third kappa shape index (κ3) is 2.16. The molecule has 1 N–H and O–H groups in total. The normalized spacial score (nSPS) is 39.5. The first-order valence-electron chi connectivity index (χ1n) is 4.43. The topological polar surface area (TPSA) is 20.2 Å². The first kappa shape index (κ1) is 8.98. The van der Waals surface area contributed by atoms with Gasteiger partial charge in [0.25, 0.3) is 0 Å². The molecule has 0 radical (unpaired) electrons. The highest BCUT2D eigenvalue weighted by atomic mass is 19.1. The van der Waals surface area contributed by atoms with Crippen LogP contribution in [-0.2, 0) is 0 Å². The summed E-state index contributed by atoms with van der Waals surface area (Å²) in [7, 11) is 0. The summed E-state index contributed by atoms with van der Waals surface area (Å²) < 4.78 is 12.9. The van der Waals surface area contributed by atoms with Gasteiger partial charge in [-0.15, -0.1) is 0 Å². The summed E-state index contributed by atoms with van der Waals surface area (Å²) in [5.74, 6) is 1.04. The Kier molecular flexibility index (Phi) is 2.88. The average Bonchev–Trinajstić information content (AvgIpc) is 1.94. The summed E-state index contributed by atoms with van der Waals surface area (Å²) in [5, 5.41) is 9.10. The first-order valence-corrected chi connectivity index (χ1v) is 4.43. The van der Waals surface area contributed by atoms with E-state index in [2.05, 4.69) is 13.8 Å². The van der Waals surface area contributed by atoms with Crippen molar-refractivity contribution in [3.05, 3.63) is 0 Å². The maximum absolute atomic E-state index is 12.9. The molecule has 1 fully saturated rings. The van der Waals surface area contributed by atoms with E-state index in [1.807, 2.05) is 0 Å². The molecule has 1 nitrogen and oxygen atoms in total. The standard InChI is InChI=1S/C9H17FO/c1-6(2)7-3-4-9(11)8(10)5-7/h6-9,11H,3-5H2,1-2H3. The molecule has 0 aromatic rings. The van der Waals surface area contributed by atoms with Gasteiger partial charge in [0.15, 0.2) is 0 Å². The minimum atomic E-state index is -0.976. The zero-order valence-electron chi connectivity index (χ0n) is 7.26. The molecular weight excluding hydrogens is 143 g/mol. The predicted octanol–water partition coefficient (Wildman–Crippen LogP) is 2.14. The molecule has 0 aromatic heterocycles. The summed E-state index contributed by atoms with van der Waals surface area (Å²) in [5.41, 5.74) is 0. The molecule has 1 aliphatic carbocycles. The second kappa shape index (κ2) is 3.53. The second-order valence-corrected chi connectivity index (χ2v) is 3.90. The highest BCUT2D eigenvalue weighted by molar-refractivity contribution is 4.80. The molecule has 3 unspecified atom stereocenters. The number of alkyl halides is 1. The molecule has 0 amide bonds. The smallest absolute Gasteiger partial charge is 0.126 e. The van der Waals surface area contributed by atoms with Crippen LogP contribution in [0.25, 0.3) is 0 Å². The SMILES string of the molecule is CC(C)C1CCC(O)C(F)C1. The number of halogens is 1. The quantitative estimate of drug-likeness (QED) is 0.623. The van der Waals surface area contributed by atoms with Crippen molar-refractivity contribution in [3.8, 4) is 0 Å². The molecule has 0 aliphatic heterocycles. The molecule has 1 saturated carbocycles. The first-order chi connectivity index (χ1) is 5.11. The fourth-order valence-corrected chi connectivity index (χ4v) is 1.74. The second-order valence-electron chi connectivity index (χ2n) is 3.90. The molecule has 2 heteroatoms. The molecule has 3 atom stereocenters. The monoisotopic (exact) mass is 160 g/mol. The Labute approximate surface area is 67.6 Å². The fraction of sp³-hybridized carbons (Fsp3) is 1.00. The summed E-state index contributed by atoms with van der Waals surface area (Å²) in [6.07, 6.45) is 0.517. The van der Waals surface area contributed by atoms with Crippen molar-refractivity contribution in [2.75, 3.05) is 0 Å².